The van der Waals surface area contributed by atoms with Crippen LogP contribution in [-0.4, -0.2) is 60.5 Å². The number of aromatic amines is 1. The molecule has 3 aromatic rings. The molecular weight excluding hydrogens is 464 g/mol. The number of nitrogens with zero attached hydrogens (tertiary/aromatic N) is 3. The SMILES string of the molecule is O=S(=O)(c1cc(Br)c2[nH]ncc2c1)N1CCN(CCc2ccc(Cl)cc2)CC1. The van der Waals surface area contributed by atoms with Crippen LogP contribution in [0.3, 0.4) is 0 Å². The Labute approximate surface area is 177 Å². The lowest BCUT2D eigenvalue weighted by Gasteiger charge is -2.34. The van der Waals surface area contributed by atoms with Crippen LogP contribution < -0.4 is 0 Å². The zero-order valence-electron chi connectivity index (χ0n) is 15.1. The fourth-order valence-electron chi connectivity index (χ4n) is 3.42. The molecule has 1 aliphatic heterocycles. The fraction of sp³-hybridized carbons (Fsp3) is 0.316. The maximum Gasteiger partial charge on any atom is 0.243 e. The maximum absolute atomic E-state index is 13.1. The number of nitrogens with one attached hydrogen (secondary N) is 1. The van der Waals surface area contributed by atoms with E-state index < -0.39 is 10.0 Å². The van der Waals surface area contributed by atoms with E-state index in [1.54, 1.807) is 22.6 Å². The molecule has 0 unspecified atom stereocenters. The molecule has 1 N–H and O–H groups in total. The van der Waals surface area contributed by atoms with Crippen molar-refractivity contribution in [1.82, 2.24) is 19.4 Å². The van der Waals surface area contributed by atoms with Gasteiger partial charge in [-0.1, -0.05) is 23.7 Å². The van der Waals surface area contributed by atoms with Crippen molar-refractivity contribution < 1.29 is 8.42 Å². The molecule has 0 bridgehead atoms. The highest BCUT2D eigenvalue weighted by molar-refractivity contribution is 9.10. The van der Waals surface area contributed by atoms with Gasteiger partial charge in [-0.25, -0.2) is 8.42 Å². The highest BCUT2D eigenvalue weighted by Gasteiger charge is 2.29. The van der Waals surface area contributed by atoms with Gasteiger partial charge in [0.15, 0.2) is 0 Å². The number of rotatable bonds is 5. The van der Waals surface area contributed by atoms with Crippen LogP contribution in [0.5, 0.6) is 0 Å². The second-order valence-electron chi connectivity index (χ2n) is 6.86. The van der Waals surface area contributed by atoms with Crippen LogP contribution in [0, 0.1) is 0 Å². The van der Waals surface area contributed by atoms with Crippen LogP contribution in [0.2, 0.25) is 5.02 Å². The summed E-state index contributed by atoms with van der Waals surface area (Å²) in [6, 6.07) is 11.2. The van der Waals surface area contributed by atoms with Crippen LogP contribution >= 0.6 is 27.5 Å². The van der Waals surface area contributed by atoms with Gasteiger partial charge >= 0.3 is 0 Å². The lowest BCUT2D eigenvalue weighted by atomic mass is 10.1. The first-order valence-corrected chi connectivity index (χ1v) is 11.6. The molecule has 0 radical (unpaired) electrons. The van der Waals surface area contributed by atoms with Crippen LogP contribution in [0.4, 0.5) is 0 Å². The number of hydrogen-bond acceptors (Lipinski definition) is 4. The maximum atomic E-state index is 13.1. The van der Waals surface area contributed by atoms with Crippen molar-refractivity contribution in [2.75, 3.05) is 32.7 Å². The Morgan fingerprint density at radius 1 is 1.11 bits per heavy atom. The minimum atomic E-state index is -3.53. The molecule has 0 spiro atoms. The van der Waals surface area contributed by atoms with Gasteiger partial charge in [0.2, 0.25) is 10.0 Å². The largest absolute Gasteiger partial charge is 0.300 e. The summed E-state index contributed by atoms with van der Waals surface area (Å²) in [5, 5.41) is 8.36. The molecule has 0 atom stereocenters. The normalized spacial score (nSPS) is 16.6. The van der Waals surface area contributed by atoms with Gasteiger partial charge in [0.1, 0.15) is 0 Å². The molecule has 6 nitrogen and oxygen atoms in total. The topological polar surface area (TPSA) is 69.3 Å². The molecule has 0 amide bonds. The van der Waals surface area contributed by atoms with Crippen molar-refractivity contribution in [3.8, 4) is 0 Å². The van der Waals surface area contributed by atoms with Gasteiger partial charge in [0, 0.05) is 47.6 Å². The first kappa shape index (κ1) is 19.8. The monoisotopic (exact) mass is 482 g/mol. The Hall–Kier alpha value is -1.45. The second kappa shape index (κ2) is 8.12. The van der Waals surface area contributed by atoms with Gasteiger partial charge in [-0.05, 0) is 52.2 Å². The summed E-state index contributed by atoms with van der Waals surface area (Å²) in [6.07, 6.45) is 2.56. The standard InChI is InChI=1S/C19H20BrClN4O2S/c20-18-12-17(11-15-13-22-23-19(15)18)28(26,27)25-9-7-24(8-10-25)6-5-14-1-3-16(21)4-2-14/h1-4,11-13H,5-10H2,(H,22,23). The molecule has 2 aromatic carbocycles. The van der Waals surface area contributed by atoms with Gasteiger partial charge in [-0.3, -0.25) is 5.10 Å². The zero-order valence-corrected chi connectivity index (χ0v) is 18.3. The summed E-state index contributed by atoms with van der Waals surface area (Å²) in [5.74, 6) is 0. The summed E-state index contributed by atoms with van der Waals surface area (Å²) in [4.78, 5) is 2.60. The Balaban J connectivity index is 1.40. The first-order chi connectivity index (χ1) is 13.4. The van der Waals surface area contributed by atoms with Crippen molar-refractivity contribution >= 4 is 48.5 Å². The quantitative estimate of drug-likeness (QED) is 0.603. The number of fused-ring (bicyclic) bond motifs is 1. The van der Waals surface area contributed by atoms with E-state index >= 15 is 0 Å². The highest BCUT2D eigenvalue weighted by atomic mass is 79.9. The van der Waals surface area contributed by atoms with E-state index in [-0.39, 0.29) is 0 Å². The minimum Gasteiger partial charge on any atom is -0.300 e. The molecule has 1 fully saturated rings. The molecule has 28 heavy (non-hydrogen) atoms. The average molecular weight is 484 g/mol. The Bertz CT molecular complexity index is 1080. The fourth-order valence-corrected chi connectivity index (χ4v) is 5.74. The summed E-state index contributed by atoms with van der Waals surface area (Å²) < 4.78 is 28.4. The third-order valence-corrected chi connectivity index (χ3v) is 7.83. The Kier molecular flexibility index (Phi) is 5.76. The van der Waals surface area contributed by atoms with Crippen molar-refractivity contribution in [2.45, 2.75) is 11.3 Å². The molecule has 148 valence electrons. The minimum absolute atomic E-state index is 0.294. The van der Waals surface area contributed by atoms with Crippen LogP contribution in [-0.2, 0) is 16.4 Å². The smallest absolute Gasteiger partial charge is 0.243 e. The van der Waals surface area contributed by atoms with Crippen molar-refractivity contribution in [3.63, 3.8) is 0 Å². The number of sulfonamides is 1. The molecular formula is C19H20BrClN4O2S. The molecule has 1 aromatic heterocycles. The molecule has 0 aliphatic carbocycles. The lowest BCUT2D eigenvalue weighted by molar-refractivity contribution is 0.190. The second-order valence-corrected chi connectivity index (χ2v) is 10.1. The van der Waals surface area contributed by atoms with Crippen LogP contribution in [0.25, 0.3) is 10.9 Å². The van der Waals surface area contributed by atoms with Gasteiger partial charge < -0.3 is 4.90 Å². The predicted octanol–water partition coefficient (Wildman–Crippen LogP) is 3.53. The number of hydrogen-bond donors (Lipinski definition) is 1. The Morgan fingerprint density at radius 2 is 1.82 bits per heavy atom. The molecule has 9 heteroatoms. The molecule has 4 rings (SSSR count). The van der Waals surface area contributed by atoms with Crippen molar-refractivity contribution in [1.29, 1.82) is 0 Å². The summed E-state index contributed by atoms with van der Waals surface area (Å²) in [5.41, 5.74) is 2.03. The molecule has 2 heterocycles. The molecule has 1 saturated heterocycles. The van der Waals surface area contributed by atoms with E-state index in [9.17, 15) is 8.42 Å². The third kappa shape index (κ3) is 4.11. The van der Waals surface area contributed by atoms with Crippen LogP contribution in [0.1, 0.15) is 5.56 Å². The third-order valence-electron chi connectivity index (χ3n) is 5.07. The average Bonchev–Trinajstić information content (AvgIpc) is 3.17. The van der Waals surface area contributed by atoms with E-state index in [1.165, 1.54) is 5.56 Å². The lowest BCUT2D eigenvalue weighted by Crippen LogP contribution is -2.49. The molecule has 0 saturated carbocycles. The van der Waals surface area contributed by atoms with E-state index in [4.69, 9.17) is 11.6 Å². The van der Waals surface area contributed by atoms with E-state index in [1.807, 2.05) is 24.3 Å². The Morgan fingerprint density at radius 3 is 2.54 bits per heavy atom. The van der Waals surface area contributed by atoms with Crippen LogP contribution in [0.15, 0.2) is 52.0 Å². The van der Waals surface area contributed by atoms with E-state index in [0.29, 0.717) is 22.5 Å². The van der Waals surface area contributed by atoms with Gasteiger partial charge in [0.25, 0.3) is 0 Å². The van der Waals surface area contributed by atoms with E-state index in [0.717, 1.165) is 42.0 Å². The number of halogens is 2. The number of piperazine rings is 1. The van der Waals surface area contributed by atoms with Gasteiger partial charge in [0.05, 0.1) is 16.6 Å². The summed E-state index contributed by atoms with van der Waals surface area (Å²) >= 11 is 9.35. The highest BCUT2D eigenvalue weighted by Crippen LogP contribution is 2.28. The number of benzene rings is 2. The van der Waals surface area contributed by atoms with Crippen molar-refractivity contribution in [2.24, 2.45) is 0 Å². The van der Waals surface area contributed by atoms with Crippen molar-refractivity contribution in [3.05, 3.63) is 57.7 Å². The van der Waals surface area contributed by atoms with Gasteiger partial charge in [-0.2, -0.15) is 9.40 Å². The van der Waals surface area contributed by atoms with Gasteiger partial charge in [-0.15, -0.1) is 0 Å². The number of H-pyrrole nitrogens is 1. The predicted molar refractivity (Wildman–Crippen MR) is 114 cm³/mol. The zero-order chi connectivity index (χ0) is 19.7. The first-order valence-electron chi connectivity index (χ1n) is 9.03. The summed E-state index contributed by atoms with van der Waals surface area (Å²) in [6.45, 7) is 3.33. The summed E-state index contributed by atoms with van der Waals surface area (Å²) in [7, 11) is -3.53. The molecule has 1 aliphatic rings. The van der Waals surface area contributed by atoms with E-state index in [2.05, 4.69) is 31.0 Å². The number of aromatic nitrogens is 2.